The molecule has 0 radical (unpaired) electrons. The van der Waals surface area contributed by atoms with Gasteiger partial charge in [-0.15, -0.1) is 0 Å². The maximum atomic E-state index is 16.4. The molecule has 11 N–H and O–H groups in total. The topological polar surface area (TPSA) is 414 Å². The second-order valence-electron chi connectivity index (χ2n) is 37.4. The first-order valence-corrected chi connectivity index (χ1v) is 48.6. The normalized spacial score (nSPS) is 22.6. The van der Waals surface area contributed by atoms with Crippen LogP contribution in [0.5, 0.6) is 5.75 Å². The second kappa shape index (κ2) is 54.9. The molecule has 11 rings (SSSR count). The number of nitrogens with one attached hydrogen (secondary N) is 10. The SMILES string of the molecule is CCCCCCCCCCCCCCCC(=O)NCC[N+](C)(C)CCOCCOCCC(=O)NC[C@H]1NC(=O)[C@H](C)NC(=O)CCC(=O)N2CCCCCCn3cc(c4cc(F)ccc43)C[C@@H]3NC(=O)[C@H](Cc4cccc(c4)CNC(=O)CO[C@H]4CCN(C3=O)[C@@H]4C(=O)N[C@@H]([C@@H](C)O)C(=O)N[C@@H](Cc3ccc(OC)cc3)C(=O)N3CCC[C@@]3(C)C(=O)NCCc3ccc(cc3)C2)NC1=O.[Cl-]. The number of likely N-dealkylation sites (N-methyl/N-ethyl adjacent to an activating group) is 1. The van der Waals surface area contributed by atoms with E-state index >= 15 is 33.2 Å². The number of amides is 13. The smallest absolute Gasteiger partial charge is 0.246 e. The van der Waals surface area contributed by atoms with Crippen LogP contribution >= 0.6 is 0 Å². The van der Waals surface area contributed by atoms with Crippen LogP contribution in [-0.4, -0.2) is 272 Å². The molecular weight excluding hydrogens is 1750 g/mol. The number of hydrogen-bond acceptors (Lipinski definition) is 18. The number of hydrogen-bond donors (Lipinski definition) is 11. The van der Waals surface area contributed by atoms with E-state index in [2.05, 4.69) is 74.2 Å². The van der Waals surface area contributed by atoms with Crippen molar-refractivity contribution in [3.8, 4) is 5.75 Å². The van der Waals surface area contributed by atoms with Crippen molar-refractivity contribution in [2.75, 3.05) is 107 Å². The van der Waals surface area contributed by atoms with Gasteiger partial charge in [-0.25, -0.2) is 4.39 Å². The van der Waals surface area contributed by atoms with Gasteiger partial charge in [0.25, 0.3) is 0 Å². The third-order valence-electron chi connectivity index (χ3n) is 26.2. The molecule has 2 fully saturated rings. The number of methoxy groups -OCH3 is 1. The van der Waals surface area contributed by atoms with Gasteiger partial charge >= 0.3 is 0 Å². The Morgan fingerprint density at radius 1 is 0.615 bits per heavy atom. The Labute approximate surface area is 799 Å². The fraction of sp³-hybridized carbons (Fsp3) is 0.610. The van der Waals surface area contributed by atoms with E-state index in [1.54, 1.807) is 72.6 Å². The summed E-state index contributed by atoms with van der Waals surface area (Å²) >= 11 is 0. The van der Waals surface area contributed by atoms with Gasteiger partial charge in [-0.1, -0.05) is 157 Å². The number of quaternary nitrogens is 1. The van der Waals surface area contributed by atoms with Crippen molar-refractivity contribution in [1.29, 1.82) is 0 Å². The number of fused-ring (bicyclic) bond motifs is 16. The van der Waals surface area contributed by atoms with Crippen LogP contribution in [0.15, 0.2) is 97.2 Å². The van der Waals surface area contributed by atoms with Gasteiger partial charge in [0.2, 0.25) is 76.8 Å². The number of aliphatic hydroxyl groups is 1. The van der Waals surface area contributed by atoms with E-state index in [0.29, 0.717) is 121 Å². The van der Waals surface area contributed by atoms with Crippen LogP contribution in [0.1, 0.15) is 215 Å². The molecule has 2 saturated heterocycles. The van der Waals surface area contributed by atoms with E-state index in [9.17, 15) is 38.7 Å². The summed E-state index contributed by atoms with van der Waals surface area (Å²) in [5.74, 6) is -9.38. The lowest BCUT2D eigenvalue weighted by Gasteiger charge is -2.37. The number of ether oxygens (including phenoxy) is 4. The third kappa shape index (κ3) is 33.9. The molecule has 6 aliphatic heterocycles. The van der Waals surface area contributed by atoms with Crippen LogP contribution in [0.2, 0.25) is 0 Å². The quantitative estimate of drug-likeness (QED) is 0.0217. The van der Waals surface area contributed by atoms with Crippen molar-refractivity contribution >= 4 is 87.7 Å². The number of rotatable bonds is 32. The van der Waals surface area contributed by atoms with Crippen LogP contribution < -0.4 is 70.3 Å². The number of carbonyl (C=O) groups excluding carboxylic acids is 13. The lowest BCUT2D eigenvalue weighted by Crippen LogP contribution is -3.00. The molecule has 742 valence electrons. The van der Waals surface area contributed by atoms with Crippen LogP contribution in [-0.2, 0) is 122 Å². The van der Waals surface area contributed by atoms with E-state index in [1.807, 2.05) is 28.8 Å². The number of aryl methyl sites for hydroxylation is 1. The largest absolute Gasteiger partial charge is 1.00 e. The molecule has 12 bridgehead atoms. The van der Waals surface area contributed by atoms with E-state index in [1.165, 1.54) is 102 Å². The monoisotopic (exact) mass is 1900 g/mol. The Morgan fingerprint density at radius 3 is 1.99 bits per heavy atom. The molecule has 13 amide bonds. The molecule has 6 aliphatic rings. The predicted molar refractivity (Wildman–Crippen MR) is 503 cm³/mol. The van der Waals surface area contributed by atoms with Crippen LogP contribution in [0, 0.1) is 5.82 Å². The van der Waals surface area contributed by atoms with Crippen molar-refractivity contribution < 1.29 is 108 Å². The highest BCUT2D eigenvalue weighted by Gasteiger charge is 2.50. The lowest BCUT2D eigenvalue weighted by atomic mass is 9.95. The molecule has 1 aromatic heterocycles. The van der Waals surface area contributed by atoms with Crippen molar-refractivity contribution in [2.24, 2.45) is 0 Å². The van der Waals surface area contributed by atoms with Crippen molar-refractivity contribution in [1.82, 2.24) is 72.4 Å². The molecular formula is C100H145ClFN15O18. The highest BCUT2D eigenvalue weighted by molar-refractivity contribution is 6.00. The van der Waals surface area contributed by atoms with Crippen molar-refractivity contribution in [3.05, 3.63) is 136 Å². The second-order valence-corrected chi connectivity index (χ2v) is 37.4. The van der Waals surface area contributed by atoms with E-state index in [4.69, 9.17) is 18.9 Å². The Bertz CT molecular complexity index is 4750. The summed E-state index contributed by atoms with van der Waals surface area (Å²) in [5.41, 5.74) is 2.64. The number of carbonyl (C=O) groups is 13. The zero-order valence-corrected chi connectivity index (χ0v) is 80.7. The van der Waals surface area contributed by atoms with Gasteiger partial charge in [0.15, 0.2) is 0 Å². The van der Waals surface area contributed by atoms with Crippen LogP contribution in [0.3, 0.4) is 0 Å². The maximum absolute atomic E-state index is 16.4. The van der Waals surface area contributed by atoms with Gasteiger partial charge in [0, 0.05) is 114 Å². The summed E-state index contributed by atoms with van der Waals surface area (Å²) in [4.78, 5) is 197. The lowest BCUT2D eigenvalue weighted by molar-refractivity contribution is -0.889. The fourth-order valence-corrected chi connectivity index (χ4v) is 18.1. The average molecular weight is 1900 g/mol. The van der Waals surface area contributed by atoms with E-state index in [0.717, 1.165) is 35.3 Å². The van der Waals surface area contributed by atoms with Crippen molar-refractivity contribution in [2.45, 2.75) is 287 Å². The number of nitrogens with zero attached hydrogens (tertiary/aromatic N) is 5. The number of aromatic nitrogens is 1. The van der Waals surface area contributed by atoms with Gasteiger partial charge in [0.1, 0.15) is 72.6 Å². The Hall–Kier alpha value is -10.7. The van der Waals surface area contributed by atoms with Crippen LogP contribution in [0.25, 0.3) is 10.9 Å². The van der Waals surface area contributed by atoms with Gasteiger partial charge in [-0.3, -0.25) is 62.3 Å². The van der Waals surface area contributed by atoms with E-state index < -0.39 is 150 Å². The molecule has 0 unspecified atom stereocenters. The summed E-state index contributed by atoms with van der Waals surface area (Å²) < 4.78 is 41.9. The molecule has 35 heteroatoms. The number of halogens is 2. The molecule has 4 aromatic carbocycles. The molecule has 5 aromatic rings. The minimum atomic E-state index is -1.87. The van der Waals surface area contributed by atoms with E-state index in [-0.39, 0.29) is 128 Å². The highest BCUT2D eigenvalue weighted by Crippen LogP contribution is 2.33. The Kier molecular flexibility index (Phi) is 43.9. The summed E-state index contributed by atoms with van der Waals surface area (Å²) in [6, 6.07) is 13.7. The first-order chi connectivity index (χ1) is 64.5. The molecule has 33 nitrogen and oxygen atoms in total. The zero-order valence-electron chi connectivity index (χ0n) is 79.9. The number of unbranched alkanes of at least 4 members (excludes halogenated alkanes) is 12. The molecule has 10 atom stereocenters. The Balaban J connectivity index is 0.0000204. The standard InChI is InChI=1S/C100H144FN15O18.ClH/c1-8-9-10-11-12-13-14-15-16-17-18-19-22-29-85(118)102-47-52-116(5,6)53-55-133-57-56-132-54-44-86(119)105-64-82-94(125)107-79-60-73-27-25-28-74(58-73)63-104-88(121)67-134-84-43-51-114-91(84)96(127)111-90(69(3)117)95(126)109-80(59-71-34-37-77(131-7)38-35-71)98(129)115-50-26-45-100(115,4)99(130)103-46-42-70-30-32-72(33-31-70)65-113(89(122)41-40-87(120)106-68(2)92(123)110-82)49-24-21-20-23-48-112-66-75(61-81(97(114)128)108-93(79)124)78-62-76(101)36-39-83(78)112;/h25,27-28,30-39,58,62,66,68-69,79-82,84,90-91,117H,8-24,26,29,40-57,59-61,63-65,67H2,1-7H3,(H9-,102,103,104,105,106,107,108,109,110,111,118,119,120,121,123,124,125,126,127,130);1H/t68-,69+,79-,80-,81-,82+,84-,90-,91-,100-;/m0./s1. The third-order valence-corrected chi connectivity index (χ3v) is 26.2. The van der Waals surface area contributed by atoms with Gasteiger partial charge < -0.3 is 113 Å². The first kappa shape index (κ1) is 108. The molecule has 7 heterocycles. The summed E-state index contributed by atoms with van der Waals surface area (Å²) in [6.45, 7) is 8.54. The zero-order chi connectivity index (χ0) is 96.1. The first-order valence-electron chi connectivity index (χ1n) is 48.6. The summed E-state index contributed by atoms with van der Waals surface area (Å²) in [5, 5.41) is 40.2. The maximum Gasteiger partial charge on any atom is 0.246 e. The Morgan fingerprint density at radius 2 is 1.28 bits per heavy atom. The van der Waals surface area contributed by atoms with Gasteiger partial charge in [-0.05, 0) is 129 Å². The van der Waals surface area contributed by atoms with Crippen LogP contribution in [0.4, 0.5) is 4.39 Å². The molecule has 0 spiro atoms. The minimum absolute atomic E-state index is 0. The summed E-state index contributed by atoms with van der Waals surface area (Å²) in [7, 11) is 5.62. The molecule has 0 saturated carbocycles. The highest BCUT2D eigenvalue weighted by atomic mass is 35.5. The number of aliphatic hydroxyl groups excluding tert-OH is 1. The van der Waals surface area contributed by atoms with Gasteiger partial charge in [-0.2, -0.15) is 0 Å². The average Bonchev–Trinajstić information content (AvgIpc) is 1.65. The predicted octanol–water partition coefficient (Wildman–Crippen LogP) is 3.40. The minimum Gasteiger partial charge on any atom is -1.00 e. The van der Waals surface area contributed by atoms with Crippen molar-refractivity contribution in [3.63, 3.8) is 0 Å². The fourth-order valence-electron chi connectivity index (χ4n) is 18.1. The number of benzene rings is 4. The molecule has 135 heavy (non-hydrogen) atoms. The molecule has 0 aliphatic carbocycles. The van der Waals surface area contributed by atoms with Gasteiger partial charge in [0.05, 0.1) is 72.9 Å². The summed E-state index contributed by atoms with van der Waals surface area (Å²) in [6.07, 6.45) is 17.0.